The number of carboxylic acid groups (broad SMARTS) is 1. The first-order valence-corrected chi connectivity index (χ1v) is 9.10. The van der Waals surface area contributed by atoms with Gasteiger partial charge in [-0.3, -0.25) is 0 Å². The largest absolute Gasteiger partial charge is 0.478 e. The minimum Gasteiger partial charge on any atom is -0.478 e. The molecule has 0 radical (unpaired) electrons. The predicted molar refractivity (Wildman–Crippen MR) is 91.1 cm³/mol. The number of hydrogen-bond acceptors (Lipinski definition) is 4. The topological polar surface area (TPSA) is 61.8 Å². The van der Waals surface area contributed by atoms with Crippen LogP contribution < -0.4 is 10.1 Å². The van der Waals surface area contributed by atoms with Crippen LogP contribution in [0.5, 0.6) is 5.75 Å². The Labute approximate surface area is 147 Å². The summed E-state index contributed by atoms with van der Waals surface area (Å²) in [5.74, 6) is 0.910. The number of likely N-dealkylation sites (tertiary alicyclic amines) is 1. The van der Waals surface area contributed by atoms with Crippen LogP contribution in [0.1, 0.15) is 18.4 Å². The van der Waals surface area contributed by atoms with Gasteiger partial charge in [0, 0.05) is 32.5 Å². The van der Waals surface area contributed by atoms with E-state index in [4.69, 9.17) is 4.74 Å². The zero-order chi connectivity index (χ0) is 17.6. The molecule has 1 saturated carbocycles. The van der Waals surface area contributed by atoms with Crippen LogP contribution in [-0.2, 0) is 4.79 Å². The fraction of sp³-hybridized carbons (Fsp3) is 0.632. The second kappa shape index (κ2) is 6.25. The lowest BCUT2D eigenvalue weighted by atomic mass is 9.90. The molecule has 2 heterocycles. The number of nitrogens with zero attached hydrogens (tertiary/aromatic N) is 1. The van der Waals surface area contributed by atoms with Gasteiger partial charge in [0.05, 0.1) is 0 Å². The average molecular weight is 348 g/mol. The van der Waals surface area contributed by atoms with Gasteiger partial charge in [-0.15, -0.1) is 0 Å². The van der Waals surface area contributed by atoms with E-state index in [0.717, 1.165) is 43.0 Å². The van der Waals surface area contributed by atoms with Crippen LogP contribution in [-0.4, -0.2) is 54.3 Å². The Hall–Kier alpha value is -1.66. The van der Waals surface area contributed by atoms with Crippen molar-refractivity contribution < 1.29 is 19.0 Å². The molecule has 25 heavy (non-hydrogen) atoms. The Kier molecular flexibility index (Phi) is 4.20. The Morgan fingerprint density at radius 2 is 2.04 bits per heavy atom. The maximum Gasteiger partial charge on any atom is 0.348 e. The monoisotopic (exact) mass is 348 g/mol. The Morgan fingerprint density at radius 3 is 2.68 bits per heavy atom. The summed E-state index contributed by atoms with van der Waals surface area (Å²) in [6.07, 6.45) is 0.770. The molecule has 0 amide bonds. The van der Waals surface area contributed by atoms with Crippen molar-refractivity contribution >= 4 is 5.97 Å². The first-order valence-electron chi connectivity index (χ1n) is 9.10. The van der Waals surface area contributed by atoms with E-state index in [1.54, 1.807) is 12.1 Å². The number of piperidine rings is 2. The molecule has 3 aliphatic rings. The quantitative estimate of drug-likeness (QED) is 0.851. The Balaban J connectivity index is 1.40. The summed E-state index contributed by atoms with van der Waals surface area (Å²) in [4.78, 5) is 14.3. The third-order valence-electron chi connectivity index (χ3n) is 6.18. The summed E-state index contributed by atoms with van der Waals surface area (Å²) >= 11 is 0. The minimum absolute atomic E-state index is 0.0404. The van der Waals surface area contributed by atoms with Crippen LogP contribution >= 0.6 is 0 Å². The van der Waals surface area contributed by atoms with Crippen LogP contribution in [0, 0.1) is 30.5 Å². The van der Waals surface area contributed by atoms with E-state index in [1.807, 2.05) is 6.92 Å². The van der Waals surface area contributed by atoms with E-state index in [2.05, 4.69) is 10.2 Å². The van der Waals surface area contributed by atoms with Crippen molar-refractivity contribution in [3.05, 3.63) is 29.6 Å². The van der Waals surface area contributed by atoms with Gasteiger partial charge in [-0.25, -0.2) is 9.18 Å². The molecule has 2 unspecified atom stereocenters. The normalized spacial score (nSPS) is 30.7. The van der Waals surface area contributed by atoms with E-state index >= 15 is 0 Å². The highest BCUT2D eigenvalue weighted by atomic mass is 19.1. The highest BCUT2D eigenvalue weighted by molar-refractivity contribution is 5.78. The molecule has 2 saturated heterocycles. The molecule has 136 valence electrons. The van der Waals surface area contributed by atoms with Crippen LogP contribution in [0.15, 0.2) is 18.2 Å². The van der Waals surface area contributed by atoms with E-state index in [0.29, 0.717) is 25.9 Å². The first-order chi connectivity index (χ1) is 12.0. The number of fused-ring (bicyclic) bond motifs is 1. The summed E-state index contributed by atoms with van der Waals surface area (Å²) < 4.78 is 19.8. The molecule has 1 aromatic carbocycles. The van der Waals surface area contributed by atoms with Crippen molar-refractivity contribution in [3.63, 3.8) is 0 Å². The average Bonchev–Trinajstić information content (AvgIpc) is 3.01. The molecule has 5 nitrogen and oxygen atoms in total. The van der Waals surface area contributed by atoms with Crippen LogP contribution in [0.4, 0.5) is 4.39 Å². The zero-order valence-electron chi connectivity index (χ0n) is 14.5. The molecular weight excluding hydrogens is 323 g/mol. The molecule has 1 aliphatic carbocycles. The van der Waals surface area contributed by atoms with Crippen molar-refractivity contribution in [1.29, 1.82) is 0 Å². The molecule has 0 aromatic heterocycles. The van der Waals surface area contributed by atoms with Crippen molar-refractivity contribution in [2.24, 2.45) is 17.8 Å². The van der Waals surface area contributed by atoms with Crippen LogP contribution in [0.3, 0.4) is 0 Å². The van der Waals surface area contributed by atoms with E-state index in [9.17, 15) is 14.3 Å². The zero-order valence-corrected chi connectivity index (χ0v) is 14.5. The molecule has 0 bridgehead atoms. The number of ether oxygens (including phenoxy) is 1. The first kappa shape index (κ1) is 16.8. The number of halogens is 1. The molecule has 4 rings (SSSR count). The number of benzene rings is 1. The number of aliphatic carboxylic acids is 1. The summed E-state index contributed by atoms with van der Waals surface area (Å²) in [6.45, 7) is 6.50. The SMILES string of the molecule is Cc1ccc(F)c(OC2(C(=O)O)CCN(CC3C4CNCC43)CC2)c1. The standard InChI is InChI=1S/C19H25FN2O3/c1-12-2-3-16(20)17(8-12)25-19(18(23)24)4-6-22(7-5-19)11-15-13-9-21-10-14(13)15/h2-3,8,13-15,21H,4-7,9-11H2,1H3,(H,23,24). The smallest absolute Gasteiger partial charge is 0.348 e. The maximum absolute atomic E-state index is 14.0. The van der Waals surface area contributed by atoms with Gasteiger partial charge in [0.25, 0.3) is 0 Å². The fourth-order valence-corrected chi connectivity index (χ4v) is 4.47. The lowest BCUT2D eigenvalue weighted by Crippen LogP contribution is -2.53. The van der Waals surface area contributed by atoms with E-state index < -0.39 is 17.4 Å². The summed E-state index contributed by atoms with van der Waals surface area (Å²) in [5.41, 5.74) is -0.477. The molecule has 6 heteroatoms. The third-order valence-corrected chi connectivity index (χ3v) is 6.18. The van der Waals surface area contributed by atoms with Crippen LogP contribution in [0.25, 0.3) is 0 Å². The highest BCUT2D eigenvalue weighted by Gasteiger charge is 2.53. The van der Waals surface area contributed by atoms with Gasteiger partial charge in [0.15, 0.2) is 11.6 Å². The fourth-order valence-electron chi connectivity index (χ4n) is 4.47. The van der Waals surface area contributed by atoms with Crippen molar-refractivity contribution in [1.82, 2.24) is 10.2 Å². The molecule has 2 atom stereocenters. The molecule has 3 fully saturated rings. The Bertz CT molecular complexity index is 663. The third kappa shape index (κ3) is 3.13. The maximum atomic E-state index is 14.0. The number of carbonyl (C=O) groups is 1. The number of aryl methyl sites for hydroxylation is 1. The summed E-state index contributed by atoms with van der Waals surface area (Å²) in [7, 11) is 0. The van der Waals surface area contributed by atoms with Crippen molar-refractivity contribution in [3.8, 4) is 5.75 Å². The summed E-state index contributed by atoms with van der Waals surface area (Å²) in [5, 5.41) is 13.2. The lowest BCUT2D eigenvalue weighted by Gasteiger charge is -2.39. The molecule has 2 aliphatic heterocycles. The van der Waals surface area contributed by atoms with Gasteiger partial charge in [-0.2, -0.15) is 0 Å². The second-order valence-corrected chi connectivity index (χ2v) is 7.79. The van der Waals surface area contributed by atoms with Gasteiger partial charge < -0.3 is 20.1 Å². The summed E-state index contributed by atoms with van der Waals surface area (Å²) in [6, 6.07) is 4.56. The number of hydrogen-bond donors (Lipinski definition) is 2. The number of carboxylic acids is 1. The number of nitrogens with one attached hydrogen (secondary N) is 1. The Morgan fingerprint density at radius 1 is 1.36 bits per heavy atom. The van der Waals surface area contributed by atoms with E-state index in [-0.39, 0.29) is 5.75 Å². The van der Waals surface area contributed by atoms with Gasteiger partial charge in [0.2, 0.25) is 5.60 Å². The molecule has 1 aromatic rings. The van der Waals surface area contributed by atoms with Gasteiger partial charge in [0.1, 0.15) is 0 Å². The highest BCUT2D eigenvalue weighted by Crippen LogP contribution is 2.49. The van der Waals surface area contributed by atoms with Crippen molar-refractivity contribution in [2.45, 2.75) is 25.4 Å². The van der Waals surface area contributed by atoms with E-state index in [1.165, 1.54) is 6.07 Å². The van der Waals surface area contributed by atoms with Crippen LogP contribution in [0.2, 0.25) is 0 Å². The van der Waals surface area contributed by atoms with Gasteiger partial charge in [-0.1, -0.05) is 6.07 Å². The van der Waals surface area contributed by atoms with Gasteiger partial charge in [-0.05, 0) is 55.5 Å². The lowest BCUT2D eigenvalue weighted by molar-refractivity contribution is -0.160. The second-order valence-electron chi connectivity index (χ2n) is 7.79. The minimum atomic E-state index is -1.33. The van der Waals surface area contributed by atoms with Crippen molar-refractivity contribution in [2.75, 3.05) is 32.7 Å². The van der Waals surface area contributed by atoms with Gasteiger partial charge >= 0.3 is 5.97 Å². The molecule has 2 N–H and O–H groups in total. The predicted octanol–water partition coefficient (Wildman–Crippen LogP) is 1.90. The molecular formula is C19H25FN2O3. The number of rotatable bonds is 5. The molecule has 0 spiro atoms.